The van der Waals surface area contributed by atoms with Crippen LogP contribution in [0.5, 0.6) is 0 Å². The van der Waals surface area contributed by atoms with Gasteiger partial charge in [-0.2, -0.15) is 0 Å². The molecule has 0 atom stereocenters. The fourth-order valence-electron chi connectivity index (χ4n) is 3.08. The summed E-state index contributed by atoms with van der Waals surface area (Å²) in [5.41, 5.74) is 0. The number of piperazine rings is 1. The number of nitrogens with one attached hydrogen (secondary N) is 1. The molecule has 0 aromatic heterocycles. The summed E-state index contributed by atoms with van der Waals surface area (Å²) in [6.45, 7) is 10.7. The maximum atomic E-state index is 11.3. The largest absolute Gasteiger partial charge is 0.343 e. The number of likely N-dealkylation sites (tertiary alicyclic amines) is 1. The highest BCUT2D eigenvalue weighted by molar-refractivity contribution is 5.73. The fraction of sp³-hybridized carbons (Fsp3) is 0.933. The van der Waals surface area contributed by atoms with Crippen molar-refractivity contribution in [3.63, 3.8) is 0 Å². The Balaban J connectivity index is 1.50. The van der Waals surface area contributed by atoms with E-state index in [1.807, 2.05) is 4.90 Å². The lowest BCUT2D eigenvalue weighted by atomic mass is 10.0. The average molecular weight is 282 g/mol. The third-order valence-electron chi connectivity index (χ3n) is 4.62. The van der Waals surface area contributed by atoms with Crippen LogP contribution in [0.15, 0.2) is 0 Å². The van der Waals surface area contributed by atoms with E-state index in [1.54, 1.807) is 6.92 Å². The van der Waals surface area contributed by atoms with E-state index in [0.29, 0.717) is 6.04 Å². The van der Waals surface area contributed by atoms with Gasteiger partial charge in [0.1, 0.15) is 0 Å². The Morgan fingerprint density at radius 1 is 1.10 bits per heavy atom. The molecule has 0 unspecified atom stereocenters. The van der Waals surface area contributed by atoms with Crippen LogP contribution in [0, 0.1) is 0 Å². The normalized spacial score (nSPS) is 23.2. The summed E-state index contributed by atoms with van der Waals surface area (Å²) in [5, 5.41) is 3.65. The van der Waals surface area contributed by atoms with Gasteiger partial charge in [0.25, 0.3) is 0 Å². The summed E-state index contributed by atoms with van der Waals surface area (Å²) < 4.78 is 0. The molecule has 2 aliphatic heterocycles. The summed E-state index contributed by atoms with van der Waals surface area (Å²) in [7, 11) is 2.20. The maximum Gasteiger partial charge on any atom is 0.219 e. The van der Waals surface area contributed by atoms with Crippen LogP contribution < -0.4 is 5.32 Å². The Bertz CT molecular complexity index is 294. The molecule has 5 heteroatoms. The average Bonchev–Trinajstić information content (AvgIpc) is 2.46. The van der Waals surface area contributed by atoms with Crippen LogP contribution in [-0.4, -0.2) is 86.1 Å². The van der Waals surface area contributed by atoms with E-state index in [9.17, 15) is 4.79 Å². The molecular weight excluding hydrogens is 252 g/mol. The molecule has 0 radical (unpaired) electrons. The molecule has 0 aromatic rings. The molecule has 1 N–H and O–H groups in total. The van der Waals surface area contributed by atoms with Crippen LogP contribution in [-0.2, 0) is 4.79 Å². The number of rotatable bonds is 5. The minimum atomic E-state index is 0.221. The Morgan fingerprint density at radius 3 is 2.35 bits per heavy atom. The standard InChI is InChI=1S/C15H30N4O/c1-14(20)19-8-4-15(5-9-19)16-6-3-7-18-12-10-17(2)11-13-18/h15-16H,3-13H2,1-2H3. The SMILES string of the molecule is CC(=O)N1CCC(NCCCN2CCN(C)CC2)CC1. The van der Waals surface area contributed by atoms with E-state index < -0.39 is 0 Å². The molecular formula is C15H30N4O. The summed E-state index contributed by atoms with van der Waals surface area (Å²) in [5.74, 6) is 0.221. The Kier molecular flexibility index (Phi) is 6.26. The first-order chi connectivity index (χ1) is 9.65. The van der Waals surface area contributed by atoms with Crippen LogP contribution in [0.2, 0.25) is 0 Å². The van der Waals surface area contributed by atoms with Crippen molar-refractivity contribution in [3.8, 4) is 0 Å². The quantitative estimate of drug-likeness (QED) is 0.733. The van der Waals surface area contributed by atoms with E-state index in [1.165, 1.54) is 39.1 Å². The first-order valence-corrected chi connectivity index (χ1v) is 8.05. The highest BCUT2D eigenvalue weighted by Crippen LogP contribution is 2.10. The van der Waals surface area contributed by atoms with Crippen molar-refractivity contribution in [1.82, 2.24) is 20.0 Å². The lowest BCUT2D eigenvalue weighted by molar-refractivity contribution is -0.129. The second-order valence-corrected chi connectivity index (χ2v) is 6.23. The summed E-state index contributed by atoms with van der Waals surface area (Å²) in [6, 6.07) is 0.609. The summed E-state index contributed by atoms with van der Waals surface area (Å²) in [6.07, 6.45) is 3.44. The van der Waals surface area contributed by atoms with Gasteiger partial charge in [-0.1, -0.05) is 0 Å². The van der Waals surface area contributed by atoms with Crippen LogP contribution in [0.25, 0.3) is 0 Å². The highest BCUT2D eigenvalue weighted by atomic mass is 16.2. The maximum absolute atomic E-state index is 11.3. The summed E-state index contributed by atoms with van der Waals surface area (Å²) >= 11 is 0. The Hall–Kier alpha value is -0.650. The molecule has 0 saturated carbocycles. The fourth-order valence-corrected chi connectivity index (χ4v) is 3.08. The molecule has 2 fully saturated rings. The third-order valence-corrected chi connectivity index (χ3v) is 4.62. The zero-order valence-electron chi connectivity index (χ0n) is 13.1. The smallest absolute Gasteiger partial charge is 0.219 e. The topological polar surface area (TPSA) is 38.8 Å². The van der Waals surface area contributed by atoms with Gasteiger partial charge in [0.2, 0.25) is 5.91 Å². The van der Waals surface area contributed by atoms with E-state index in [-0.39, 0.29) is 5.91 Å². The number of carbonyl (C=O) groups excluding carboxylic acids is 1. The van der Waals surface area contributed by atoms with Gasteiger partial charge < -0.3 is 20.0 Å². The van der Waals surface area contributed by atoms with Gasteiger partial charge in [0.05, 0.1) is 0 Å². The van der Waals surface area contributed by atoms with Crippen LogP contribution in [0.3, 0.4) is 0 Å². The van der Waals surface area contributed by atoms with Crippen LogP contribution in [0.4, 0.5) is 0 Å². The molecule has 0 bridgehead atoms. The number of hydrogen-bond acceptors (Lipinski definition) is 4. The number of amides is 1. The van der Waals surface area contributed by atoms with E-state index in [4.69, 9.17) is 0 Å². The third kappa shape index (κ3) is 5.04. The van der Waals surface area contributed by atoms with Crippen molar-refractivity contribution < 1.29 is 4.79 Å². The van der Waals surface area contributed by atoms with Crippen molar-refractivity contribution in [1.29, 1.82) is 0 Å². The first-order valence-electron chi connectivity index (χ1n) is 8.05. The summed E-state index contributed by atoms with van der Waals surface area (Å²) in [4.78, 5) is 18.2. The number of nitrogens with zero attached hydrogens (tertiary/aromatic N) is 3. The molecule has 1 amide bonds. The predicted octanol–water partition coefficient (Wildman–Crippen LogP) is 0.224. The molecule has 5 nitrogen and oxygen atoms in total. The van der Waals surface area contributed by atoms with Crippen molar-refractivity contribution in [3.05, 3.63) is 0 Å². The second kappa shape index (κ2) is 7.96. The molecule has 0 aromatic carbocycles. The molecule has 2 rings (SSSR count). The lowest BCUT2D eigenvalue weighted by Gasteiger charge is -2.33. The molecule has 2 saturated heterocycles. The Labute approximate surface area is 123 Å². The lowest BCUT2D eigenvalue weighted by Crippen LogP contribution is -2.46. The highest BCUT2D eigenvalue weighted by Gasteiger charge is 2.20. The molecule has 2 heterocycles. The van der Waals surface area contributed by atoms with Crippen molar-refractivity contribution in [2.45, 2.75) is 32.2 Å². The van der Waals surface area contributed by atoms with Gasteiger partial charge in [0, 0.05) is 52.2 Å². The molecule has 2 aliphatic rings. The van der Waals surface area contributed by atoms with E-state index in [2.05, 4.69) is 22.2 Å². The van der Waals surface area contributed by atoms with Crippen molar-refractivity contribution in [2.75, 3.05) is 59.4 Å². The van der Waals surface area contributed by atoms with Crippen molar-refractivity contribution in [2.24, 2.45) is 0 Å². The van der Waals surface area contributed by atoms with Gasteiger partial charge >= 0.3 is 0 Å². The first kappa shape index (κ1) is 15.7. The second-order valence-electron chi connectivity index (χ2n) is 6.23. The molecule has 0 aliphatic carbocycles. The van der Waals surface area contributed by atoms with Gasteiger partial charge in [-0.25, -0.2) is 0 Å². The van der Waals surface area contributed by atoms with Gasteiger partial charge in [-0.05, 0) is 39.4 Å². The zero-order valence-corrected chi connectivity index (χ0v) is 13.1. The van der Waals surface area contributed by atoms with Crippen LogP contribution in [0.1, 0.15) is 26.2 Å². The number of piperidine rings is 1. The monoisotopic (exact) mass is 282 g/mol. The number of carbonyl (C=O) groups is 1. The van der Waals surface area contributed by atoms with E-state index in [0.717, 1.165) is 32.5 Å². The van der Waals surface area contributed by atoms with Gasteiger partial charge in [0.15, 0.2) is 0 Å². The minimum absolute atomic E-state index is 0.221. The van der Waals surface area contributed by atoms with Gasteiger partial charge in [-0.3, -0.25) is 4.79 Å². The molecule has 0 spiro atoms. The zero-order chi connectivity index (χ0) is 14.4. The van der Waals surface area contributed by atoms with E-state index >= 15 is 0 Å². The number of likely N-dealkylation sites (N-methyl/N-ethyl adjacent to an activating group) is 1. The minimum Gasteiger partial charge on any atom is -0.343 e. The van der Waals surface area contributed by atoms with Gasteiger partial charge in [-0.15, -0.1) is 0 Å². The molecule has 20 heavy (non-hydrogen) atoms. The number of hydrogen-bond donors (Lipinski definition) is 1. The van der Waals surface area contributed by atoms with Crippen molar-refractivity contribution >= 4 is 5.91 Å². The Morgan fingerprint density at radius 2 is 1.75 bits per heavy atom. The van der Waals surface area contributed by atoms with Crippen LogP contribution >= 0.6 is 0 Å². The predicted molar refractivity (Wildman–Crippen MR) is 81.8 cm³/mol. The molecule has 116 valence electrons.